The molecule has 6 atom stereocenters. The van der Waals surface area contributed by atoms with Crippen molar-refractivity contribution < 1.29 is 14.4 Å². The summed E-state index contributed by atoms with van der Waals surface area (Å²) in [5.41, 5.74) is 0.538. The maximum absolute atomic E-state index is 12.9. The molecule has 2 aliphatic carbocycles. The standard InChI is InChI=1S/C21H22Br2Cl2N2O3/c22-18-11-9-12(19(18)23)17-16(11)20(29)27(21(17)30)7-3-1-2-4-15(28)26-14-6-5-10(24)8-13(14)25/h5-6,8,11-12,16-19H,1-4,7,9H2,(H,26,28)/t11-,12+,16-,17-,18+,19+/m0/s1. The van der Waals surface area contributed by atoms with Crippen LogP contribution in [0.25, 0.3) is 0 Å². The van der Waals surface area contributed by atoms with Gasteiger partial charge in [-0.05, 0) is 49.3 Å². The fourth-order valence-corrected chi connectivity index (χ4v) is 7.50. The third-order valence-corrected chi connectivity index (χ3v) is 10.3. The maximum atomic E-state index is 12.9. The average molecular weight is 581 g/mol. The summed E-state index contributed by atoms with van der Waals surface area (Å²) in [7, 11) is 0. The van der Waals surface area contributed by atoms with Crippen molar-refractivity contribution in [3.8, 4) is 0 Å². The fraction of sp³-hybridized carbons (Fsp3) is 0.571. The van der Waals surface area contributed by atoms with Crippen LogP contribution in [0.4, 0.5) is 5.69 Å². The highest BCUT2D eigenvalue weighted by Gasteiger charge is 2.66. The van der Waals surface area contributed by atoms with Crippen LogP contribution < -0.4 is 5.32 Å². The first-order valence-electron chi connectivity index (χ1n) is 10.2. The van der Waals surface area contributed by atoms with E-state index in [0.29, 0.717) is 41.5 Å². The fourth-order valence-electron chi connectivity index (χ4n) is 5.17. The number of carbonyl (C=O) groups excluding carboxylic acids is 3. The lowest BCUT2D eigenvalue weighted by atomic mass is 9.81. The predicted molar refractivity (Wildman–Crippen MR) is 124 cm³/mol. The summed E-state index contributed by atoms with van der Waals surface area (Å²) in [5, 5.41) is 3.69. The van der Waals surface area contributed by atoms with E-state index in [1.165, 1.54) is 4.90 Å². The summed E-state index contributed by atoms with van der Waals surface area (Å²) in [6.45, 7) is 0.439. The number of anilines is 1. The number of likely N-dealkylation sites (tertiary alicyclic amines) is 1. The first-order chi connectivity index (χ1) is 14.3. The highest BCUT2D eigenvalue weighted by Crippen LogP contribution is 2.60. The number of unbranched alkanes of at least 4 members (excludes halogenated alkanes) is 2. The molecule has 9 heteroatoms. The second-order valence-corrected chi connectivity index (χ2v) is 11.3. The largest absolute Gasteiger partial charge is 0.325 e. The molecule has 2 saturated carbocycles. The molecule has 3 amide bonds. The van der Waals surface area contributed by atoms with Crippen molar-refractivity contribution in [2.75, 3.05) is 11.9 Å². The summed E-state index contributed by atoms with van der Waals surface area (Å²) in [6.07, 6.45) is 3.45. The van der Waals surface area contributed by atoms with Gasteiger partial charge in [-0.15, -0.1) is 0 Å². The van der Waals surface area contributed by atoms with E-state index in [-0.39, 0.29) is 51.0 Å². The Morgan fingerprint density at radius 3 is 2.27 bits per heavy atom. The van der Waals surface area contributed by atoms with Gasteiger partial charge in [-0.25, -0.2) is 0 Å². The molecule has 1 saturated heterocycles. The summed E-state index contributed by atoms with van der Waals surface area (Å²) in [4.78, 5) is 39.8. The van der Waals surface area contributed by atoms with E-state index in [9.17, 15) is 14.4 Å². The predicted octanol–water partition coefficient (Wildman–Crippen LogP) is 5.27. The molecule has 3 fully saturated rings. The Kier molecular flexibility index (Phi) is 6.83. The van der Waals surface area contributed by atoms with Crippen molar-refractivity contribution in [1.82, 2.24) is 4.90 Å². The van der Waals surface area contributed by atoms with Crippen LogP contribution in [-0.2, 0) is 14.4 Å². The van der Waals surface area contributed by atoms with Gasteiger partial charge in [0.2, 0.25) is 17.7 Å². The van der Waals surface area contributed by atoms with Gasteiger partial charge in [0.1, 0.15) is 0 Å². The van der Waals surface area contributed by atoms with Crippen molar-refractivity contribution in [2.45, 2.75) is 41.8 Å². The molecule has 3 aliphatic rings. The second-order valence-electron chi connectivity index (χ2n) is 8.31. The van der Waals surface area contributed by atoms with Crippen LogP contribution in [0.3, 0.4) is 0 Å². The molecule has 4 rings (SSSR count). The molecule has 0 aromatic heterocycles. The molecule has 2 bridgehead atoms. The molecule has 1 heterocycles. The van der Waals surface area contributed by atoms with Crippen LogP contribution in [0.1, 0.15) is 32.1 Å². The number of halogens is 4. The lowest BCUT2D eigenvalue weighted by molar-refractivity contribution is -0.140. The van der Waals surface area contributed by atoms with Gasteiger partial charge in [0, 0.05) is 27.6 Å². The Labute approximate surface area is 202 Å². The molecule has 5 nitrogen and oxygen atoms in total. The van der Waals surface area contributed by atoms with Crippen LogP contribution in [0, 0.1) is 23.7 Å². The van der Waals surface area contributed by atoms with Crippen molar-refractivity contribution in [2.24, 2.45) is 23.7 Å². The molecule has 1 aromatic carbocycles. The number of nitrogens with zero attached hydrogens (tertiary/aromatic N) is 1. The number of carbonyl (C=O) groups is 3. The van der Waals surface area contributed by atoms with E-state index in [0.717, 1.165) is 12.8 Å². The van der Waals surface area contributed by atoms with Crippen LogP contribution in [0.2, 0.25) is 10.0 Å². The zero-order valence-electron chi connectivity index (χ0n) is 16.1. The monoisotopic (exact) mass is 578 g/mol. The number of benzene rings is 1. The number of hydrogen-bond acceptors (Lipinski definition) is 3. The SMILES string of the molecule is O=C(CCCCCN1C(=O)[C@H]2[C@@H]3C[C@@H]([C@@H](Br)[C@@H]3Br)[C@@H]2C1=O)Nc1ccc(Cl)cc1Cl. The summed E-state index contributed by atoms with van der Waals surface area (Å²) in [6, 6.07) is 4.93. The minimum atomic E-state index is -0.157. The van der Waals surface area contributed by atoms with Crippen LogP contribution >= 0.6 is 55.1 Å². The highest BCUT2D eigenvalue weighted by molar-refractivity contribution is 9.12. The third-order valence-electron chi connectivity index (χ3n) is 6.57. The Balaban J connectivity index is 1.21. The number of nitrogens with one attached hydrogen (secondary N) is 1. The number of imide groups is 1. The zero-order chi connectivity index (χ0) is 21.6. The second kappa shape index (κ2) is 9.08. The van der Waals surface area contributed by atoms with Crippen molar-refractivity contribution in [3.05, 3.63) is 28.2 Å². The van der Waals surface area contributed by atoms with Gasteiger partial charge in [0.05, 0.1) is 22.5 Å². The van der Waals surface area contributed by atoms with Crippen LogP contribution in [-0.4, -0.2) is 38.8 Å². The third kappa shape index (κ3) is 4.07. The van der Waals surface area contributed by atoms with Crippen molar-refractivity contribution in [3.63, 3.8) is 0 Å². The van der Waals surface area contributed by atoms with E-state index >= 15 is 0 Å². The molecule has 0 unspecified atom stereocenters. The van der Waals surface area contributed by atoms with Gasteiger partial charge < -0.3 is 5.32 Å². The van der Waals surface area contributed by atoms with Gasteiger partial charge in [0.15, 0.2) is 0 Å². The van der Waals surface area contributed by atoms with E-state index in [1.807, 2.05) is 0 Å². The summed E-state index contributed by atoms with van der Waals surface area (Å²) < 4.78 is 0. The Morgan fingerprint density at radius 2 is 1.67 bits per heavy atom. The van der Waals surface area contributed by atoms with Crippen molar-refractivity contribution in [1.29, 1.82) is 0 Å². The van der Waals surface area contributed by atoms with Crippen LogP contribution in [0.5, 0.6) is 0 Å². The smallest absolute Gasteiger partial charge is 0.233 e. The zero-order valence-corrected chi connectivity index (χ0v) is 20.8. The van der Waals surface area contributed by atoms with E-state index < -0.39 is 0 Å². The minimum absolute atomic E-state index is 0.00327. The first kappa shape index (κ1) is 22.6. The normalized spacial score (nSPS) is 32.1. The van der Waals surface area contributed by atoms with Crippen LogP contribution in [0.15, 0.2) is 18.2 Å². The Bertz CT molecular complexity index is 852. The maximum Gasteiger partial charge on any atom is 0.233 e. The lowest BCUT2D eigenvalue weighted by Gasteiger charge is -2.28. The Morgan fingerprint density at radius 1 is 1.03 bits per heavy atom. The lowest BCUT2D eigenvalue weighted by Crippen LogP contribution is -2.37. The summed E-state index contributed by atoms with van der Waals surface area (Å²) >= 11 is 19.3. The summed E-state index contributed by atoms with van der Waals surface area (Å²) in [5.74, 6) is 0.0490. The molecular formula is C21H22Br2Cl2N2O3. The van der Waals surface area contributed by atoms with E-state index in [1.54, 1.807) is 18.2 Å². The highest BCUT2D eigenvalue weighted by atomic mass is 79.9. The molecule has 1 N–H and O–H groups in total. The quantitative estimate of drug-likeness (QED) is 0.271. The number of amides is 3. The molecule has 30 heavy (non-hydrogen) atoms. The van der Waals surface area contributed by atoms with Gasteiger partial charge in [-0.1, -0.05) is 61.5 Å². The molecule has 0 radical (unpaired) electrons. The number of fused-ring (bicyclic) bond motifs is 5. The molecule has 1 aliphatic heterocycles. The van der Waals surface area contributed by atoms with Gasteiger partial charge in [-0.2, -0.15) is 0 Å². The first-order valence-corrected chi connectivity index (χ1v) is 12.8. The molecular weight excluding hydrogens is 559 g/mol. The van der Waals surface area contributed by atoms with E-state index in [2.05, 4.69) is 37.2 Å². The molecule has 0 spiro atoms. The minimum Gasteiger partial charge on any atom is -0.325 e. The Hall–Kier alpha value is -0.630. The number of alkyl halides is 2. The number of rotatable bonds is 7. The number of hydrogen-bond donors (Lipinski definition) is 1. The molecule has 1 aromatic rings. The van der Waals surface area contributed by atoms with Gasteiger partial charge >= 0.3 is 0 Å². The average Bonchev–Trinajstić information content (AvgIpc) is 3.30. The van der Waals surface area contributed by atoms with E-state index in [4.69, 9.17) is 23.2 Å². The van der Waals surface area contributed by atoms with Crippen molar-refractivity contribution >= 4 is 78.5 Å². The van der Waals surface area contributed by atoms with Gasteiger partial charge in [0.25, 0.3) is 0 Å². The topological polar surface area (TPSA) is 66.5 Å². The van der Waals surface area contributed by atoms with Gasteiger partial charge in [-0.3, -0.25) is 19.3 Å². The molecule has 162 valence electrons.